The van der Waals surface area contributed by atoms with Gasteiger partial charge in [-0.15, -0.1) is 0 Å². The molecule has 3 heteroatoms. The van der Waals surface area contributed by atoms with Crippen LogP contribution in [0, 0.1) is 11.3 Å². The van der Waals surface area contributed by atoms with Crippen LogP contribution in [0.1, 0.15) is 39.5 Å². The third kappa shape index (κ3) is 1.67. The second kappa shape index (κ2) is 3.16. The van der Waals surface area contributed by atoms with Crippen molar-refractivity contribution < 1.29 is 8.78 Å². The van der Waals surface area contributed by atoms with Crippen molar-refractivity contribution in [2.24, 2.45) is 11.3 Å². The summed E-state index contributed by atoms with van der Waals surface area (Å²) < 4.78 is 26.0. The first-order valence-corrected chi connectivity index (χ1v) is 5.56. The third-order valence-electron chi connectivity index (χ3n) is 3.93. The molecule has 1 aliphatic heterocycles. The van der Waals surface area contributed by atoms with Crippen LogP contribution in [0.25, 0.3) is 0 Å². The molecule has 0 aromatic carbocycles. The maximum Gasteiger partial charge on any atom is 0.254 e. The van der Waals surface area contributed by atoms with E-state index >= 15 is 0 Å². The maximum absolute atomic E-state index is 13.0. The maximum atomic E-state index is 13.0. The molecule has 1 aliphatic carbocycles. The van der Waals surface area contributed by atoms with E-state index in [1.165, 1.54) is 6.42 Å². The zero-order chi connectivity index (χ0) is 10.4. The van der Waals surface area contributed by atoms with Crippen LogP contribution in [0.5, 0.6) is 0 Å². The van der Waals surface area contributed by atoms with Gasteiger partial charge < -0.3 is 5.32 Å². The topological polar surface area (TPSA) is 12.0 Å². The first kappa shape index (κ1) is 10.3. The Labute approximate surface area is 84.3 Å². The van der Waals surface area contributed by atoms with Gasteiger partial charge in [0.1, 0.15) is 0 Å². The van der Waals surface area contributed by atoms with E-state index in [-0.39, 0.29) is 6.42 Å². The van der Waals surface area contributed by atoms with Gasteiger partial charge in [-0.25, -0.2) is 8.78 Å². The molecule has 0 aromatic rings. The summed E-state index contributed by atoms with van der Waals surface area (Å²) in [5, 5.41) is 3.39. The number of halogens is 2. The van der Waals surface area contributed by atoms with Gasteiger partial charge in [0.15, 0.2) is 0 Å². The minimum atomic E-state index is -2.39. The van der Waals surface area contributed by atoms with Crippen LogP contribution in [0.4, 0.5) is 8.78 Å². The average Bonchev–Trinajstić information content (AvgIpc) is 2.55. The Kier molecular flexibility index (Phi) is 2.33. The van der Waals surface area contributed by atoms with Gasteiger partial charge in [0.25, 0.3) is 5.92 Å². The lowest BCUT2D eigenvalue weighted by Gasteiger charge is -2.22. The Balaban J connectivity index is 1.86. The minimum Gasteiger partial charge on any atom is -0.314 e. The van der Waals surface area contributed by atoms with Crippen LogP contribution < -0.4 is 5.32 Å². The lowest BCUT2D eigenvalue weighted by molar-refractivity contribution is 0.0593. The van der Waals surface area contributed by atoms with E-state index in [1.54, 1.807) is 6.92 Å². The second-order valence-electron chi connectivity index (χ2n) is 5.33. The molecule has 2 fully saturated rings. The molecule has 1 saturated heterocycles. The molecule has 1 saturated carbocycles. The largest absolute Gasteiger partial charge is 0.314 e. The first-order chi connectivity index (χ1) is 6.45. The molecule has 0 amide bonds. The smallest absolute Gasteiger partial charge is 0.254 e. The molecule has 0 radical (unpaired) electrons. The van der Waals surface area contributed by atoms with Crippen LogP contribution in [0.15, 0.2) is 0 Å². The van der Waals surface area contributed by atoms with Gasteiger partial charge in [-0.2, -0.15) is 0 Å². The van der Waals surface area contributed by atoms with Gasteiger partial charge in [-0.3, -0.25) is 0 Å². The molecule has 1 nitrogen and oxygen atoms in total. The highest BCUT2D eigenvalue weighted by Crippen LogP contribution is 2.63. The van der Waals surface area contributed by atoms with Crippen molar-refractivity contribution in [3.05, 3.63) is 0 Å². The van der Waals surface area contributed by atoms with Crippen molar-refractivity contribution >= 4 is 0 Å². The number of hydrogen-bond acceptors (Lipinski definition) is 1. The molecular formula is C11H19F2N. The van der Waals surface area contributed by atoms with Gasteiger partial charge in [-0.1, -0.05) is 13.8 Å². The number of nitrogens with one attached hydrogen (secondary N) is 1. The predicted octanol–water partition coefficient (Wildman–Crippen LogP) is 2.81. The second-order valence-corrected chi connectivity index (χ2v) is 5.33. The van der Waals surface area contributed by atoms with Crippen molar-refractivity contribution in [2.45, 2.75) is 51.5 Å². The summed E-state index contributed by atoms with van der Waals surface area (Å²) in [6.07, 6.45) is 3.11. The fourth-order valence-corrected chi connectivity index (χ4v) is 2.72. The van der Waals surface area contributed by atoms with Crippen LogP contribution in [0.2, 0.25) is 0 Å². The lowest BCUT2D eigenvalue weighted by atomic mass is 9.88. The Morgan fingerprint density at radius 2 is 2.14 bits per heavy atom. The van der Waals surface area contributed by atoms with E-state index in [2.05, 4.69) is 12.2 Å². The quantitative estimate of drug-likeness (QED) is 0.743. The first-order valence-electron chi connectivity index (χ1n) is 5.56. The average molecular weight is 203 g/mol. The van der Waals surface area contributed by atoms with Crippen molar-refractivity contribution in [2.75, 3.05) is 6.54 Å². The van der Waals surface area contributed by atoms with E-state index in [1.807, 2.05) is 0 Å². The summed E-state index contributed by atoms with van der Waals surface area (Å²) in [6, 6.07) is 0.475. The highest BCUT2D eigenvalue weighted by atomic mass is 19.3. The summed E-state index contributed by atoms with van der Waals surface area (Å²) in [6.45, 7) is 4.88. The molecule has 0 aromatic heterocycles. The van der Waals surface area contributed by atoms with E-state index in [9.17, 15) is 8.78 Å². The highest BCUT2D eigenvalue weighted by Gasteiger charge is 2.67. The minimum absolute atomic E-state index is 0.0943. The van der Waals surface area contributed by atoms with Crippen LogP contribution in [-0.4, -0.2) is 18.5 Å². The summed E-state index contributed by atoms with van der Waals surface area (Å²) in [5.74, 6) is -2.00. The summed E-state index contributed by atoms with van der Waals surface area (Å²) in [5.41, 5.74) is -0.698. The molecular weight excluding hydrogens is 184 g/mol. The SMILES string of the molecule is CC(CC1(C)CC1(F)F)C1CCCN1. The van der Waals surface area contributed by atoms with Gasteiger partial charge in [0, 0.05) is 17.9 Å². The van der Waals surface area contributed by atoms with E-state index in [4.69, 9.17) is 0 Å². The molecule has 0 bridgehead atoms. The van der Waals surface area contributed by atoms with Crippen LogP contribution in [0.3, 0.4) is 0 Å². The molecule has 2 rings (SSSR count). The summed E-state index contributed by atoms with van der Waals surface area (Å²) in [7, 11) is 0. The Bertz CT molecular complexity index is 223. The zero-order valence-electron chi connectivity index (χ0n) is 8.95. The van der Waals surface area contributed by atoms with Crippen LogP contribution in [-0.2, 0) is 0 Å². The van der Waals surface area contributed by atoms with E-state index in [0.717, 1.165) is 13.0 Å². The molecule has 1 heterocycles. The van der Waals surface area contributed by atoms with Gasteiger partial charge in [-0.05, 0) is 31.7 Å². The van der Waals surface area contributed by atoms with Crippen molar-refractivity contribution in [3.8, 4) is 0 Å². The number of rotatable bonds is 3. The van der Waals surface area contributed by atoms with Gasteiger partial charge in [0.2, 0.25) is 0 Å². The molecule has 2 aliphatic rings. The lowest BCUT2D eigenvalue weighted by Crippen LogP contribution is -2.30. The van der Waals surface area contributed by atoms with Crippen LogP contribution >= 0.6 is 0 Å². The van der Waals surface area contributed by atoms with Gasteiger partial charge in [0.05, 0.1) is 0 Å². The standard InChI is InChI=1S/C11H19F2N/c1-8(9-4-3-5-14-9)6-10(2)7-11(10,12)13/h8-9,14H,3-7H2,1-2H3. The van der Waals surface area contributed by atoms with E-state index < -0.39 is 11.3 Å². The molecule has 82 valence electrons. The highest BCUT2D eigenvalue weighted by molar-refractivity contribution is 5.08. The normalized spacial score (nSPS) is 42.4. The summed E-state index contributed by atoms with van der Waals surface area (Å²) >= 11 is 0. The molecule has 0 spiro atoms. The number of hydrogen-bond donors (Lipinski definition) is 1. The molecule has 3 unspecified atom stereocenters. The van der Waals surface area contributed by atoms with Crippen molar-refractivity contribution in [3.63, 3.8) is 0 Å². The number of alkyl halides is 2. The monoisotopic (exact) mass is 203 g/mol. The Morgan fingerprint density at radius 1 is 1.50 bits per heavy atom. The van der Waals surface area contributed by atoms with E-state index in [0.29, 0.717) is 18.4 Å². The molecule has 1 N–H and O–H groups in total. The third-order valence-corrected chi connectivity index (χ3v) is 3.93. The zero-order valence-corrected chi connectivity index (χ0v) is 8.95. The summed E-state index contributed by atoms with van der Waals surface area (Å²) in [4.78, 5) is 0. The molecule has 3 atom stereocenters. The Hall–Kier alpha value is -0.180. The Morgan fingerprint density at radius 3 is 2.57 bits per heavy atom. The fourth-order valence-electron chi connectivity index (χ4n) is 2.72. The van der Waals surface area contributed by atoms with Crippen molar-refractivity contribution in [1.29, 1.82) is 0 Å². The van der Waals surface area contributed by atoms with Gasteiger partial charge >= 0.3 is 0 Å². The van der Waals surface area contributed by atoms with Crippen molar-refractivity contribution in [1.82, 2.24) is 5.32 Å². The predicted molar refractivity (Wildman–Crippen MR) is 52.5 cm³/mol. The fraction of sp³-hybridized carbons (Fsp3) is 1.00. The molecule has 14 heavy (non-hydrogen) atoms.